The number of hydrogen-bond acceptors (Lipinski definition) is 5. The second-order valence-corrected chi connectivity index (χ2v) is 7.24. The van der Waals surface area contributed by atoms with Crippen molar-refractivity contribution in [1.29, 1.82) is 0 Å². The Kier molecular flexibility index (Phi) is 5.95. The van der Waals surface area contributed by atoms with Crippen LogP contribution >= 0.6 is 11.6 Å². The van der Waals surface area contributed by atoms with E-state index in [0.29, 0.717) is 38.5 Å². The van der Waals surface area contributed by atoms with E-state index in [4.69, 9.17) is 16.3 Å². The average Bonchev–Trinajstić information content (AvgIpc) is 2.80. The van der Waals surface area contributed by atoms with Crippen LogP contribution in [0.3, 0.4) is 0 Å². The van der Waals surface area contributed by atoms with E-state index in [-0.39, 0.29) is 24.6 Å². The summed E-state index contributed by atoms with van der Waals surface area (Å²) in [7, 11) is 1.49. The van der Waals surface area contributed by atoms with Crippen molar-refractivity contribution < 1.29 is 9.53 Å². The van der Waals surface area contributed by atoms with E-state index in [1.54, 1.807) is 36.5 Å². The molecule has 0 saturated carbocycles. The molecule has 2 aromatic carbocycles. The van der Waals surface area contributed by atoms with Gasteiger partial charge in [0.25, 0.3) is 11.5 Å². The van der Waals surface area contributed by atoms with Gasteiger partial charge in [0, 0.05) is 16.6 Å². The minimum atomic E-state index is -0.354. The van der Waals surface area contributed by atoms with Crippen molar-refractivity contribution in [3.8, 4) is 5.75 Å². The predicted molar refractivity (Wildman–Crippen MR) is 119 cm³/mol. The highest BCUT2D eigenvalue weighted by Crippen LogP contribution is 2.22. The van der Waals surface area contributed by atoms with E-state index in [0.717, 1.165) is 0 Å². The zero-order valence-electron chi connectivity index (χ0n) is 16.7. The molecule has 0 spiro atoms. The highest BCUT2D eigenvalue weighted by molar-refractivity contribution is 6.31. The van der Waals surface area contributed by atoms with Crippen molar-refractivity contribution in [2.75, 3.05) is 7.11 Å². The van der Waals surface area contributed by atoms with Gasteiger partial charge < -0.3 is 10.1 Å². The second-order valence-electron chi connectivity index (χ2n) is 6.80. The maximum atomic E-state index is 12.9. The van der Waals surface area contributed by atoms with Gasteiger partial charge in [0.15, 0.2) is 0 Å². The molecule has 0 bridgehead atoms. The number of aromatic nitrogens is 3. The Morgan fingerprint density at radius 3 is 2.61 bits per heavy atom. The molecule has 4 aromatic rings. The van der Waals surface area contributed by atoms with Gasteiger partial charge >= 0.3 is 0 Å². The molecule has 8 heteroatoms. The Morgan fingerprint density at radius 1 is 1.10 bits per heavy atom. The standard InChI is InChI=1S/C23H19ClN4O3/c1-31-21-10-9-15(24)12-19(21)22(29)26-13-20-17-7-2-3-8-18(17)23(30)28(27-20)14-16-6-4-5-11-25-16/h2-12H,13-14H2,1H3,(H,26,29). The molecule has 0 aliphatic carbocycles. The van der Waals surface area contributed by atoms with Crippen LogP contribution in [0.2, 0.25) is 5.02 Å². The number of nitrogens with zero attached hydrogens (tertiary/aromatic N) is 3. The van der Waals surface area contributed by atoms with Gasteiger partial charge in [-0.2, -0.15) is 5.10 Å². The van der Waals surface area contributed by atoms with Crippen molar-refractivity contribution in [3.63, 3.8) is 0 Å². The van der Waals surface area contributed by atoms with Gasteiger partial charge in [0.05, 0.1) is 42.5 Å². The summed E-state index contributed by atoms with van der Waals surface area (Å²) >= 11 is 6.04. The number of amides is 1. The molecule has 0 saturated heterocycles. The molecule has 2 aromatic heterocycles. The molecule has 31 heavy (non-hydrogen) atoms. The van der Waals surface area contributed by atoms with Crippen molar-refractivity contribution in [3.05, 3.63) is 99.2 Å². The predicted octanol–water partition coefficient (Wildman–Crippen LogP) is 3.43. The number of nitrogens with one attached hydrogen (secondary N) is 1. The number of rotatable bonds is 6. The largest absolute Gasteiger partial charge is 0.496 e. The first-order valence-corrected chi connectivity index (χ1v) is 9.95. The molecule has 0 radical (unpaired) electrons. The Bertz CT molecular complexity index is 1310. The summed E-state index contributed by atoms with van der Waals surface area (Å²) in [6.07, 6.45) is 1.67. The molecule has 156 valence electrons. The summed E-state index contributed by atoms with van der Waals surface area (Å²) in [5.74, 6) is 0.0625. The van der Waals surface area contributed by atoms with E-state index in [1.807, 2.05) is 30.3 Å². The fourth-order valence-electron chi connectivity index (χ4n) is 3.30. The number of halogens is 1. The SMILES string of the molecule is COc1ccc(Cl)cc1C(=O)NCc1nn(Cc2ccccn2)c(=O)c2ccccc12. The first-order valence-electron chi connectivity index (χ1n) is 9.57. The summed E-state index contributed by atoms with van der Waals surface area (Å²) in [5.41, 5.74) is 1.39. The van der Waals surface area contributed by atoms with Crippen LogP contribution in [0.15, 0.2) is 71.7 Å². The smallest absolute Gasteiger partial charge is 0.275 e. The number of carbonyl (C=O) groups is 1. The Morgan fingerprint density at radius 2 is 1.87 bits per heavy atom. The zero-order chi connectivity index (χ0) is 21.8. The van der Waals surface area contributed by atoms with Crippen LogP contribution in [0.5, 0.6) is 5.75 Å². The normalized spacial score (nSPS) is 10.8. The topological polar surface area (TPSA) is 86.1 Å². The Balaban J connectivity index is 1.67. The molecule has 4 rings (SSSR count). The summed E-state index contributed by atoms with van der Waals surface area (Å²) in [4.78, 5) is 30.0. The van der Waals surface area contributed by atoms with E-state index in [1.165, 1.54) is 11.8 Å². The number of benzene rings is 2. The van der Waals surface area contributed by atoms with E-state index in [9.17, 15) is 9.59 Å². The van der Waals surface area contributed by atoms with Gasteiger partial charge in [0.1, 0.15) is 5.75 Å². The Hall–Kier alpha value is -3.71. The lowest BCUT2D eigenvalue weighted by Crippen LogP contribution is -2.29. The van der Waals surface area contributed by atoms with Crippen LogP contribution < -0.4 is 15.6 Å². The molecule has 0 unspecified atom stereocenters. The first kappa shape index (κ1) is 20.6. The highest BCUT2D eigenvalue weighted by atomic mass is 35.5. The average molecular weight is 435 g/mol. The number of fused-ring (bicyclic) bond motifs is 1. The van der Waals surface area contributed by atoms with E-state index in [2.05, 4.69) is 15.4 Å². The van der Waals surface area contributed by atoms with Crippen LogP contribution in [0.1, 0.15) is 21.7 Å². The first-order chi connectivity index (χ1) is 15.1. The summed E-state index contributed by atoms with van der Waals surface area (Å²) in [6, 6.07) is 17.5. The Labute approximate surface area is 183 Å². The molecule has 2 heterocycles. The van der Waals surface area contributed by atoms with Gasteiger partial charge in [-0.3, -0.25) is 14.6 Å². The van der Waals surface area contributed by atoms with E-state index < -0.39 is 0 Å². The lowest BCUT2D eigenvalue weighted by molar-refractivity contribution is 0.0947. The molecule has 1 N–H and O–H groups in total. The van der Waals surface area contributed by atoms with Crippen molar-refractivity contribution in [1.82, 2.24) is 20.1 Å². The fourth-order valence-corrected chi connectivity index (χ4v) is 3.48. The number of carbonyl (C=O) groups excluding carboxylic acids is 1. The second kappa shape index (κ2) is 8.97. The van der Waals surface area contributed by atoms with Gasteiger partial charge in [-0.1, -0.05) is 35.9 Å². The van der Waals surface area contributed by atoms with Crippen LogP contribution in [-0.2, 0) is 13.1 Å². The van der Waals surface area contributed by atoms with E-state index >= 15 is 0 Å². The highest BCUT2D eigenvalue weighted by Gasteiger charge is 2.15. The third kappa shape index (κ3) is 4.41. The summed E-state index contributed by atoms with van der Waals surface area (Å²) < 4.78 is 6.62. The minimum Gasteiger partial charge on any atom is -0.496 e. The maximum absolute atomic E-state index is 12.9. The summed E-state index contributed by atoms with van der Waals surface area (Å²) in [5, 5.41) is 9.00. The van der Waals surface area contributed by atoms with Crippen molar-refractivity contribution in [2.24, 2.45) is 0 Å². The monoisotopic (exact) mass is 434 g/mol. The van der Waals surface area contributed by atoms with Crippen LogP contribution in [0.4, 0.5) is 0 Å². The zero-order valence-corrected chi connectivity index (χ0v) is 17.5. The fraction of sp³-hybridized carbons (Fsp3) is 0.130. The third-order valence-corrected chi connectivity index (χ3v) is 5.04. The molecular weight excluding hydrogens is 416 g/mol. The number of pyridine rings is 1. The van der Waals surface area contributed by atoms with Crippen molar-refractivity contribution >= 4 is 28.3 Å². The van der Waals surface area contributed by atoms with Gasteiger partial charge in [-0.15, -0.1) is 0 Å². The third-order valence-electron chi connectivity index (χ3n) is 4.80. The lowest BCUT2D eigenvalue weighted by Gasteiger charge is -2.13. The molecule has 0 fully saturated rings. The summed E-state index contributed by atoms with van der Waals surface area (Å²) in [6.45, 7) is 0.352. The van der Waals surface area contributed by atoms with Crippen LogP contribution in [-0.4, -0.2) is 27.8 Å². The molecule has 1 amide bonds. The molecule has 0 aliphatic rings. The molecule has 0 atom stereocenters. The van der Waals surface area contributed by atoms with Gasteiger partial charge in [-0.25, -0.2) is 4.68 Å². The number of methoxy groups -OCH3 is 1. The van der Waals surface area contributed by atoms with Crippen molar-refractivity contribution in [2.45, 2.75) is 13.1 Å². The van der Waals surface area contributed by atoms with Crippen LogP contribution in [0, 0.1) is 0 Å². The maximum Gasteiger partial charge on any atom is 0.275 e. The van der Waals surface area contributed by atoms with Gasteiger partial charge in [0.2, 0.25) is 0 Å². The molecular formula is C23H19ClN4O3. The van der Waals surface area contributed by atoms with Crippen LogP contribution in [0.25, 0.3) is 10.8 Å². The van der Waals surface area contributed by atoms with Gasteiger partial charge in [-0.05, 0) is 36.4 Å². The molecule has 0 aliphatic heterocycles. The minimum absolute atomic E-state index is 0.123. The number of hydrogen-bond donors (Lipinski definition) is 1. The lowest BCUT2D eigenvalue weighted by atomic mass is 10.1. The molecule has 7 nitrogen and oxygen atoms in total. The quantitative estimate of drug-likeness (QED) is 0.502. The number of ether oxygens (including phenoxy) is 1.